The molecule has 2 atom stereocenters. The van der Waals surface area contributed by atoms with E-state index in [-0.39, 0.29) is 6.61 Å². The van der Waals surface area contributed by atoms with Crippen molar-refractivity contribution in [2.45, 2.75) is 19.9 Å². The van der Waals surface area contributed by atoms with Crippen LogP contribution in [0.3, 0.4) is 0 Å². The fourth-order valence-corrected chi connectivity index (χ4v) is 1.84. The van der Waals surface area contributed by atoms with Crippen molar-refractivity contribution in [2.24, 2.45) is 5.92 Å². The van der Waals surface area contributed by atoms with E-state index in [0.29, 0.717) is 12.0 Å². The highest BCUT2D eigenvalue weighted by Crippen LogP contribution is 2.17. The van der Waals surface area contributed by atoms with Gasteiger partial charge in [0.1, 0.15) is 0 Å². The van der Waals surface area contributed by atoms with Crippen LogP contribution in [0.25, 0.3) is 0 Å². The summed E-state index contributed by atoms with van der Waals surface area (Å²) in [5.74, 6) is 0.336. The van der Waals surface area contributed by atoms with E-state index >= 15 is 0 Å². The first kappa shape index (κ1) is 10.7. The third-order valence-electron chi connectivity index (χ3n) is 2.05. The first-order valence-corrected chi connectivity index (χ1v) is 5.49. The Labute approximate surface area is 83.6 Å². The summed E-state index contributed by atoms with van der Waals surface area (Å²) in [5, 5.41) is 14.3. The lowest BCUT2D eigenvalue weighted by Gasteiger charge is -2.14. The maximum absolute atomic E-state index is 8.84. The predicted molar refractivity (Wildman–Crippen MR) is 57.0 cm³/mol. The summed E-state index contributed by atoms with van der Waals surface area (Å²) in [6.07, 6.45) is 0. The van der Waals surface area contributed by atoms with Crippen LogP contribution in [0.1, 0.15) is 24.8 Å². The molecular formula is C10H17NOS. The fraction of sp³-hybridized carbons (Fsp3) is 0.600. The molecule has 2 unspecified atom stereocenters. The quantitative estimate of drug-likeness (QED) is 0.760. The van der Waals surface area contributed by atoms with Gasteiger partial charge < -0.3 is 10.4 Å². The van der Waals surface area contributed by atoms with E-state index in [1.807, 2.05) is 6.92 Å². The van der Waals surface area contributed by atoms with Crippen LogP contribution >= 0.6 is 11.3 Å². The molecule has 1 heterocycles. The van der Waals surface area contributed by atoms with Gasteiger partial charge >= 0.3 is 0 Å². The molecule has 0 amide bonds. The molecule has 0 aliphatic carbocycles. The second kappa shape index (κ2) is 5.37. The molecule has 0 radical (unpaired) electrons. The van der Waals surface area contributed by atoms with Gasteiger partial charge in [-0.05, 0) is 24.3 Å². The highest BCUT2D eigenvalue weighted by atomic mass is 32.1. The van der Waals surface area contributed by atoms with Crippen LogP contribution in [-0.2, 0) is 0 Å². The largest absolute Gasteiger partial charge is 0.396 e. The Morgan fingerprint density at radius 1 is 1.54 bits per heavy atom. The molecule has 0 aromatic carbocycles. The van der Waals surface area contributed by atoms with Gasteiger partial charge in [0, 0.05) is 24.1 Å². The van der Waals surface area contributed by atoms with Gasteiger partial charge in [-0.15, -0.1) is 11.3 Å². The Bertz CT molecular complexity index is 223. The molecule has 2 nitrogen and oxygen atoms in total. The Morgan fingerprint density at radius 2 is 2.31 bits per heavy atom. The summed E-state index contributed by atoms with van der Waals surface area (Å²) < 4.78 is 0. The average Bonchev–Trinajstić information content (AvgIpc) is 2.66. The predicted octanol–water partition coefficient (Wildman–Crippen LogP) is 2.03. The second-order valence-electron chi connectivity index (χ2n) is 3.43. The Balaban J connectivity index is 2.30. The van der Waals surface area contributed by atoms with E-state index in [1.165, 1.54) is 4.88 Å². The van der Waals surface area contributed by atoms with Gasteiger partial charge in [-0.25, -0.2) is 0 Å². The van der Waals surface area contributed by atoms with Gasteiger partial charge in [-0.2, -0.15) is 0 Å². The maximum atomic E-state index is 8.84. The van der Waals surface area contributed by atoms with Crippen molar-refractivity contribution < 1.29 is 5.11 Å². The number of hydrogen-bond donors (Lipinski definition) is 2. The molecule has 1 aromatic heterocycles. The number of rotatable bonds is 5. The van der Waals surface area contributed by atoms with Crippen LogP contribution in [0.4, 0.5) is 0 Å². The molecule has 13 heavy (non-hydrogen) atoms. The van der Waals surface area contributed by atoms with Crippen molar-refractivity contribution in [2.75, 3.05) is 13.2 Å². The number of aliphatic hydroxyl groups excluding tert-OH is 1. The molecule has 0 saturated carbocycles. The van der Waals surface area contributed by atoms with E-state index in [4.69, 9.17) is 5.11 Å². The molecule has 1 aromatic rings. The summed E-state index contributed by atoms with van der Waals surface area (Å²) in [6, 6.07) is 4.59. The van der Waals surface area contributed by atoms with E-state index < -0.39 is 0 Å². The molecule has 0 aliphatic heterocycles. The lowest BCUT2D eigenvalue weighted by molar-refractivity contribution is 0.231. The summed E-state index contributed by atoms with van der Waals surface area (Å²) in [5.41, 5.74) is 0. The van der Waals surface area contributed by atoms with Crippen molar-refractivity contribution >= 4 is 11.3 Å². The van der Waals surface area contributed by atoms with Crippen molar-refractivity contribution in [1.82, 2.24) is 5.32 Å². The van der Waals surface area contributed by atoms with E-state index in [1.54, 1.807) is 11.3 Å². The van der Waals surface area contributed by atoms with Gasteiger partial charge in [0.25, 0.3) is 0 Å². The SMILES string of the molecule is CC(CO)CNC(C)c1cccs1. The van der Waals surface area contributed by atoms with Crippen molar-refractivity contribution in [3.8, 4) is 0 Å². The zero-order valence-electron chi connectivity index (χ0n) is 8.16. The zero-order chi connectivity index (χ0) is 9.68. The minimum absolute atomic E-state index is 0.254. The molecule has 0 fully saturated rings. The number of aliphatic hydroxyl groups is 1. The van der Waals surface area contributed by atoms with Crippen LogP contribution in [0, 0.1) is 5.92 Å². The molecule has 0 saturated heterocycles. The topological polar surface area (TPSA) is 32.3 Å². The molecule has 0 bridgehead atoms. The van der Waals surface area contributed by atoms with Gasteiger partial charge in [0.2, 0.25) is 0 Å². The number of thiophene rings is 1. The van der Waals surface area contributed by atoms with Gasteiger partial charge in [-0.1, -0.05) is 13.0 Å². The van der Waals surface area contributed by atoms with E-state index in [0.717, 1.165) is 6.54 Å². The number of nitrogens with one attached hydrogen (secondary N) is 1. The van der Waals surface area contributed by atoms with Crippen LogP contribution in [-0.4, -0.2) is 18.3 Å². The average molecular weight is 199 g/mol. The minimum Gasteiger partial charge on any atom is -0.396 e. The third-order valence-corrected chi connectivity index (χ3v) is 3.11. The molecule has 3 heteroatoms. The lowest BCUT2D eigenvalue weighted by atomic mass is 10.2. The normalized spacial score (nSPS) is 15.6. The summed E-state index contributed by atoms with van der Waals surface area (Å²) in [7, 11) is 0. The molecular weight excluding hydrogens is 182 g/mol. The molecule has 0 spiro atoms. The minimum atomic E-state index is 0.254. The Morgan fingerprint density at radius 3 is 2.85 bits per heavy atom. The molecule has 1 rings (SSSR count). The van der Waals surface area contributed by atoms with Crippen molar-refractivity contribution in [3.05, 3.63) is 22.4 Å². The van der Waals surface area contributed by atoms with Crippen LogP contribution in [0.2, 0.25) is 0 Å². The highest BCUT2D eigenvalue weighted by molar-refractivity contribution is 7.10. The van der Waals surface area contributed by atoms with Crippen molar-refractivity contribution in [3.63, 3.8) is 0 Å². The Hall–Kier alpha value is -0.380. The summed E-state index contributed by atoms with van der Waals surface area (Å²) >= 11 is 1.77. The first-order chi connectivity index (χ1) is 6.24. The Kier molecular flexibility index (Phi) is 4.42. The summed E-state index contributed by atoms with van der Waals surface area (Å²) in [4.78, 5) is 1.35. The maximum Gasteiger partial charge on any atom is 0.0468 e. The molecule has 0 aliphatic rings. The zero-order valence-corrected chi connectivity index (χ0v) is 8.97. The number of hydrogen-bond acceptors (Lipinski definition) is 3. The smallest absolute Gasteiger partial charge is 0.0468 e. The third kappa shape index (κ3) is 3.46. The second-order valence-corrected chi connectivity index (χ2v) is 4.41. The first-order valence-electron chi connectivity index (χ1n) is 4.61. The van der Waals surface area contributed by atoms with Crippen LogP contribution < -0.4 is 5.32 Å². The molecule has 2 N–H and O–H groups in total. The van der Waals surface area contributed by atoms with E-state index in [9.17, 15) is 0 Å². The van der Waals surface area contributed by atoms with Gasteiger partial charge in [0.15, 0.2) is 0 Å². The van der Waals surface area contributed by atoms with Crippen molar-refractivity contribution in [1.29, 1.82) is 0 Å². The van der Waals surface area contributed by atoms with Gasteiger partial charge in [0.05, 0.1) is 0 Å². The standard InChI is InChI=1S/C10H17NOS/c1-8(7-12)6-11-9(2)10-4-3-5-13-10/h3-5,8-9,11-12H,6-7H2,1-2H3. The van der Waals surface area contributed by atoms with Crippen LogP contribution in [0.5, 0.6) is 0 Å². The van der Waals surface area contributed by atoms with E-state index in [2.05, 4.69) is 29.8 Å². The fourth-order valence-electron chi connectivity index (χ4n) is 1.08. The van der Waals surface area contributed by atoms with Crippen LogP contribution in [0.15, 0.2) is 17.5 Å². The molecule has 74 valence electrons. The highest BCUT2D eigenvalue weighted by Gasteiger charge is 2.06. The van der Waals surface area contributed by atoms with Gasteiger partial charge in [-0.3, -0.25) is 0 Å². The lowest BCUT2D eigenvalue weighted by Crippen LogP contribution is -2.25. The summed E-state index contributed by atoms with van der Waals surface area (Å²) in [6.45, 7) is 5.31. The monoisotopic (exact) mass is 199 g/mol.